The van der Waals surface area contributed by atoms with Crippen molar-refractivity contribution in [3.63, 3.8) is 0 Å². The van der Waals surface area contributed by atoms with Crippen LogP contribution in [0.2, 0.25) is 0 Å². The zero-order valence-electron chi connectivity index (χ0n) is 9.38. The van der Waals surface area contributed by atoms with Gasteiger partial charge in [-0.1, -0.05) is 0 Å². The van der Waals surface area contributed by atoms with Crippen molar-refractivity contribution in [1.29, 1.82) is 5.41 Å². The second-order valence-corrected chi connectivity index (χ2v) is 2.37. The number of carboxylic acid groups (broad SMARTS) is 2. The number of carbonyl (C=O) groups excluding carboxylic acids is 4. The Balaban J connectivity index is -0.0000000741. The van der Waals surface area contributed by atoms with Crippen LogP contribution in [0.1, 0.15) is 20.8 Å². The number of ketones is 2. The van der Waals surface area contributed by atoms with Crippen LogP contribution >= 0.6 is 0 Å². The number of nitrogens with two attached hydrogens (primary N) is 1. The minimum atomic E-state index is -1.63. The van der Waals surface area contributed by atoms with E-state index in [2.05, 4.69) is 0 Å². The summed E-state index contributed by atoms with van der Waals surface area (Å²) in [5, 5.41) is 24.8. The van der Waals surface area contributed by atoms with Gasteiger partial charge in [-0.2, -0.15) is 0 Å². The standard InChI is InChI=1S/2C3H4O3.C2H6N2.Fe/c2*1-2(4)3(5)6;1-2(3)4;/h2*1H3,(H,5,6);1H3,(H3,3,4);/q;;;+2/p-2. The van der Waals surface area contributed by atoms with E-state index in [1.807, 2.05) is 0 Å². The van der Waals surface area contributed by atoms with Gasteiger partial charge in [0.15, 0.2) is 11.6 Å². The van der Waals surface area contributed by atoms with Crippen molar-refractivity contribution in [3.8, 4) is 0 Å². The summed E-state index contributed by atoms with van der Waals surface area (Å²) in [5.41, 5.74) is 4.69. The molecule has 0 aromatic heterocycles. The Kier molecular flexibility index (Phi) is 20.5. The Morgan fingerprint density at radius 1 is 0.882 bits per heavy atom. The molecule has 0 atom stereocenters. The second-order valence-electron chi connectivity index (χ2n) is 2.37. The third kappa shape index (κ3) is 54.7. The summed E-state index contributed by atoms with van der Waals surface area (Å²) in [6, 6.07) is 0. The molecule has 17 heavy (non-hydrogen) atoms. The fourth-order valence-corrected chi connectivity index (χ4v) is 0. The normalized spacial score (nSPS) is 6.76. The van der Waals surface area contributed by atoms with Crippen LogP contribution in [0.5, 0.6) is 0 Å². The molecule has 0 spiro atoms. The fourth-order valence-electron chi connectivity index (χ4n) is 0. The van der Waals surface area contributed by atoms with Crippen molar-refractivity contribution in [3.05, 3.63) is 0 Å². The molecule has 0 fully saturated rings. The van der Waals surface area contributed by atoms with Crippen molar-refractivity contribution >= 4 is 29.3 Å². The summed E-state index contributed by atoms with van der Waals surface area (Å²) >= 11 is 0. The van der Waals surface area contributed by atoms with E-state index in [-0.39, 0.29) is 22.9 Å². The van der Waals surface area contributed by atoms with Gasteiger partial charge in [0.2, 0.25) is 0 Å². The van der Waals surface area contributed by atoms with Crippen LogP contribution in [-0.4, -0.2) is 29.3 Å². The van der Waals surface area contributed by atoms with Crippen LogP contribution in [0.4, 0.5) is 0 Å². The molecule has 0 aliphatic rings. The van der Waals surface area contributed by atoms with Gasteiger partial charge in [0.1, 0.15) is 11.9 Å². The fraction of sp³-hybridized carbons (Fsp3) is 0.375. The molecular weight excluding hydrogens is 276 g/mol. The van der Waals surface area contributed by atoms with Crippen LogP contribution in [-0.2, 0) is 36.2 Å². The van der Waals surface area contributed by atoms with E-state index in [1.54, 1.807) is 0 Å². The summed E-state index contributed by atoms with van der Waals surface area (Å²) in [4.78, 5) is 37.4. The van der Waals surface area contributed by atoms with Crippen LogP contribution in [0.3, 0.4) is 0 Å². The average Bonchev–Trinajstić information content (AvgIpc) is 2.03. The van der Waals surface area contributed by atoms with Gasteiger partial charge in [0, 0.05) is 13.8 Å². The van der Waals surface area contributed by atoms with Gasteiger partial charge in [-0.25, -0.2) is 0 Å². The number of carboxylic acids is 2. The smallest absolute Gasteiger partial charge is 0.542 e. The first-order valence-corrected chi connectivity index (χ1v) is 3.76. The molecule has 0 aromatic carbocycles. The van der Waals surface area contributed by atoms with Crippen molar-refractivity contribution in [2.75, 3.05) is 0 Å². The first-order chi connectivity index (χ1) is 7.02. The SMILES string of the molecule is CC(=N)N.CC(=O)C(=O)[O-].CC(=O)C(=O)[O-].[Fe+2]. The molecule has 0 aliphatic heterocycles. The summed E-state index contributed by atoms with van der Waals surface area (Å²) in [5.74, 6) is -4.96. The van der Waals surface area contributed by atoms with Gasteiger partial charge in [-0.05, 0) is 6.92 Å². The van der Waals surface area contributed by atoms with E-state index in [4.69, 9.17) is 11.1 Å². The third-order valence-corrected chi connectivity index (χ3v) is 0.575. The first kappa shape index (κ1) is 24.5. The largest absolute Gasteiger partial charge is 2.00 e. The molecule has 9 heteroatoms. The Hall–Kier alpha value is -1.73. The maximum Gasteiger partial charge on any atom is 2.00 e. The molecule has 8 nitrogen and oxygen atoms in total. The van der Waals surface area contributed by atoms with Gasteiger partial charge in [-0.3, -0.25) is 15.0 Å². The number of amidine groups is 1. The van der Waals surface area contributed by atoms with Crippen molar-refractivity contribution in [2.24, 2.45) is 5.73 Å². The number of carbonyl (C=O) groups is 4. The van der Waals surface area contributed by atoms with Gasteiger partial charge in [0.05, 0.1) is 5.84 Å². The number of aliphatic carboxylic acids is 2. The van der Waals surface area contributed by atoms with E-state index in [0.29, 0.717) is 0 Å². The molecule has 0 rings (SSSR count). The minimum absolute atomic E-state index is 0. The van der Waals surface area contributed by atoms with Gasteiger partial charge < -0.3 is 25.5 Å². The minimum Gasteiger partial charge on any atom is -0.542 e. The van der Waals surface area contributed by atoms with E-state index in [0.717, 1.165) is 13.8 Å². The number of hydrogen-bond acceptors (Lipinski definition) is 7. The average molecular weight is 288 g/mol. The third-order valence-electron chi connectivity index (χ3n) is 0.575. The molecule has 0 heterocycles. The van der Waals surface area contributed by atoms with Crippen LogP contribution in [0.15, 0.2) is 0 Å². The number of rotatable bonds is 2. The molecule has 0 radical (unpaired) electrons. The number of hydrogen-bond donors (Lipinski definition) is 2. The molecule has 0 unspecified atom stereocenters. The molecule has 0 aliphatic carbocycles. The van der Waals surface area contributed by atoms with Crippen LogP contribution in [0, 0.1) is 5.41 Å². The molecule has 0 saturated heterocycles. The topological polar surface area (TPSA) is 164 Å². The monoisotopic (exact) mass is 288 g/mol. The van der Waals surface area contributed by atoms with E-state index >= 15 is 0 Å². The van der Waals surface area contributed by atoms with Crippen molar-refractivity contribution in [1.82, 2.24) is 0 Å². The van der Waals surface area contributed by atoms with Gasteiger partial charge >= 0.3 is 17.1 Å². The maximum atomic E-state index is 9.48. The molecule has 98 valence electrons. The zero-order valence-corrected chi connectivity index (χ0v) is 10.5. The van der Waals surface area contributed by atoms with Crippen molar-refractivity contribution < 1.29 is 46.5 Å². The van der Waals surface area contributed by atoms with E-state index in [1.165, 1.54) is 6.92 Å². The van der Waals surface area contributed by atoms with Crippen LogP contribution < -0.4 is 15.9 Å². The number of nitrogens with one attached hydrogen (secondary N) is 1. The summed E-state index contributed by atoms with van der Waals surface area (Å²) in [6.07, 6.45) is 0. The zero-order chi connectivity index (χ0) is 13.9. The Morgan fingerprint density at radius 2 is 0.941 bits per heavy atom. The van der Waals surface area contributed by atoms with Gasteiger partial charge in [0.25, 0.3) is 0 Å². The molecular formula is C8H12FeN2O6. The molecule has 0 bridgehead atoms. The molecule has 0 aromatic rings. The molecule has 3 N–H and O–H groups in total. The van der Waals surface area contributed by atoms with E-state index in [9.17, 15) is 29.4 Å². The van der Waals surface area contributed by atoms with Crippen molar-refractivity contribution in [2.45, 2.75) is 20.8 Å². The van der Waals surface area contributed by atoms with Crippen LogP contribution in [0.25, 0.3) is 0 Å². The Morgan fingerprint density at radius 3 is 0.941 bits per heavy atom. The van der Waals surface area contributed by atoms with Gasteiger partial charge in [-0.15, -0.1) is 0 Å². The molecule has 0 saturated carbocycles. The second kappa shape index (κ2) is 14.3. The summed E-state index contributed by atoms with van der Waals surface area (Å²) < 4.78 is 0. The predicted molar refractivity (Wildman–Crippen MR) is 49.0 cm³/mol. The number of Topliss-reactive ketones (excluding diaryl/α,β-unsaturated/α-hetero) is 2. The Labute approximate surface area is 108 Å². The maximum absolute atomic E-state index is 9.48. The van der Waals surface area contributed by atoms with E-state index < -0.39 is 23.5 Å². The quantitative estimate of drug-likeness (QED) is 0.231. The summed E-state index contributed by atoms with van der Waals surface area (Å²) in [6.45, 7) is 3.41. The molecule has 0 amide bonds. The Bertz CT molecular complexity index is 250. The summed E-state index contributed by atoms with van der Waals surface area (Å²) in [7, 11) is 0. The first-order valence-electron chi connectivity index (χ1n) is 3.76. The predicted octanol–water partition coefficient (Wildman–Crippen LogP) is -3.41.